The first-order valence-corrected chi connectivity index (χ1v) is 7.34. The van der Waals surface area contributed by atoms with Crippen LogP contribution >= 0.6 is 11.6 Å². The Balaban J connectivity index is 2.36. The number of pyridine rings is 1. The normalized spacial score (nSPS) is 26.3. The fourth-order valence-electron chi connectivity index (χ4n) is 1.96. The molecular formula is C11H15ClN2O2S. The van der Waals surface area contributed by atoms with E-state index >= 15 is 0 Å². The topological polar surface area (TPSA) is 50.3 Å². The molecule has 0 aromatic carbocycles. The van der Waals surface area contributed by atoms with Crippen molar-refractivity contribution in [2.45, 2.75) is 18.7 Å². The van der Waals surface area contributed by atoms with Crippen molar-refractivity contribution >= 4 is 21.6 Å². The van der Waals surface area contributed by atoms with Crippen LogP contribution in [0.15, 0.2) is 23.4 Å². The van der Waals surface area contributed by atoms with Crippen molar-refractivity contribution in [2.75, 3.05) is 13.1 Å². The molecule has 0 bridgehead atoms. The van der Waals surface area contributed by atoms with Gasteiger partial charge in [0.1, 0.15) is 4.90 Å². The molecule has 0 aliphatic carbocycles. The number of halogens is 1. The van der Waals surface area contributed by atoms with Gasteiger partial charge in [-0.05, 0) is 17.9 Å². The third-order valence-electron chi connectivity index (χ3n) is 3.31. The van der Waals surface area contributed by atoms with Gasteiger partial charge in [-0.15, -0.1) is 0 Å². The van der Waals surface area contributed by atoms with Crippen molar-refractivity contribution in [2.24, 2.45) is 11.8 Å². The van der Waals surface area contributed by atoms with E-state index in [0.29, 0.717) is 24.9 Å². The minimum Gasteiger partial charge on any atom is -0.263 e. The summed E-state index contributed by atoms with van der Waals surface area (Å²) < 4.78 is 26.2. The average molecular weight is 275 g/mol. The fraction of sp³-hybridized carbons (Fsp3) is 0.545. The predicted octanol–water partition coefficient (Wildman–Crippen LogP) is 2.01. The zero-order valence-corrected chi connectivity index (χ0v) is 11.4. The van der Waals surface area contributed by atoms with E-state index < -0.39 is 10.0 Å². The Morgan fingerprint density at radius 3 is 2.47 bits per heavy atom. The van der Waals surface area contributed by atoms with Gasteiger partial charge in [-0.3, -0.25) is 4.98 Å². The molecule has 1 aromatic rings. The van der Waals surface area contributed by atoms with Crippen molar-refractivity contribution in [3.05, 3.63) is 23.5 Å². The average Bonchev–Trinajstić information content (AvgIpc) is 2.60. The highest BCUT2D eigenvalue weighted by atomic mass is 35.5. The zero-order chi connectivity index (χ0) is 12.6. The Bertz CT molecular complexity index is 508. The van der Waals surface area contributed by atoms with E-state index in [4.69, 9.17) is 11.6 Å². The summed E-state index contributed by atoms with van der Waals surface area (Å²) in [6, 6.07) is 1.50. The van der Waals surface area contributed by atoms with Crippen LogP contribution in [0.5, 0.6) is 0 Å². The molecule has 0 radical (unpaired) electrons. The SMILES string of the molecule is CC1CN(S(=O)(=O)c2cnccc2Cl)CC1C. The maximum Gasteiger partial charge on any atom is 0.246 e. The first kappa shape index (κ1) is 12.8. The van der Waals surface area contributed by atoms with Crippen molar-refractivity contribution in [1.29, 1.82) is 0 Å². The van der Waals surface area contributed by atoms with Gasteiger partial charge in [0.15, 0.2) is 0 Å². The van der Waals surface area contributed by atoms with Crippen LogP contribution in [0.4, 0.5) is 0 Å². The van der Waals surface area contributed by atoms with E-state index in [2.05, 4.69) is 18.8 Å². The molecule has 2 rings (SSSR count). The van der Waals surface area contributed by atoms with E-state index in [-0.39, 0.29) is 9.92 Å². The lowest BCUT2D eigenvalue weighted by Crippen LogP contribution is -2.29. The standard InChI is InChI=1S/C11H15ClN2O2S/c1-8-6-14(7-9(8)2)17(15,16)11-5-13-4-3-10(11)12/h3-5,8-9H,6-7H2,1-2H3. The molecule has 0 N–H and O–H groups in total. The van der Waals surface area contributed by atoms with Crippen molar-refractivity contribution < 1.29 is 8.42 Å². The second-order valence-corrected chi connectivity index (χ2v) is 6.90. The summed E-state index contributed by atoms with van der Waals surface area (Å²) in [5.74, 6) is 0.750. The van der Waals surface area contributed by atoms with Crippen LogP contribution in [0, 0.1) is 11.8 Å². The Hall–Kier alpha value is -0.650. The molecule has 1 aromatic heterocycles. The highest BCUT2D eigenvalue weighted by molar-refractivity contribution is 7.89. The first-order valence-electron chi connectivity index (χ1n) is 5.52. The third-order valence-corrected chi connectivity index (χ3v) is 5.61. The molecule has 1 aliphatic rings. The largest absolute Gasteiger partial charge is 0.263 e. The summed E-state index contributed by atoms with van der Waals surface area (Å²) in [6.07, 6.45) is 2.79. The number of rotatable bonds is 2. The minimum absolute atomic E-state index is 0.1000. The Labute approximate surface area is 107 Å². The molecule has 0 saturated carbocycles. The zero-order valence-electron chi connectivity index (χ0n) is 9.80. The summed E-state index contributed by atoms with van der Waals surface area (Å²) in [7, 11) is -3.50. The molecule has 1 fully saturated rings. The molecule has 1 saturated heterocycles. The summed E-state index contributed by atoms with van der Waals surface area (Å²) in [4.78, 5) is 3.93. The minimum atomic E-state index is -3.50. The lowest BCUT2D eigenvalue weighted by molar-refractivity contribution is 0.463. The van der Waals surface area contributed by atoms with Gasteiger partial charge in [0, 0.05) is 25.5 Å². The lowest BCUT2D eigenvalue weighted by atomic mass is 10.0. The van der Waals surface area contributed by atoms with Crippen LogP contribution in [-0.4, -0.2) is 30.8 Å². The molecule has 17 heavy (non-hydrogen) atoms. The van der Waals surface area contributed by atoms with Gasteiger partial charge in [-0.2, -0.15) is 4.31 Å². The van der Waals surface area contributed by atoms with E-state index in [1.165, 1.54) is 22.8 Å². The molecule has 2 atom stereocenters. The smallest absolute Gasteiger partial charge is 0.246 e. The molecule has 0 spiro atoms. The van der Waals surface area contributed by atoms with Crippen LogP contribution in [0.1, 0.15) is 13.8 Å². The molecule has 4 nitrogen and oxygen atoms in total. The van der Waals surface area contributed by atoms with Crippen molar-refractivity contribution in [3.63, 3.8) is 0 Å². The summed E-state index contributed by atoms with van der Waals surface area (Å²) in [5, 5.41) is 0.229. The second kappa shape index (κ2) is 4.55. The van der Waals surface area contributed by atoms with Crippen molar-refractivity contribution in [1.82, 2.24) is 9.29 Å². The van der Waals surface area contributed by atoms with Gasteiger partial charge < -0.3 is 0 Å². The monoisotopic (exact) mass is 274 g/mol. The Morgan fingerprint density at radius 2 is 1.94 bits per heavy atom. The van der Waals surface area contributed by atoms with Gasteiger partial charge in [0.2, 0.25) is 10.0 Å². The molecule has 2 unspecified atom stereocenters. The molecule has 94 valence electrons. The van der Waals surface area contributed by atoms with Gasteiger partial charge in [0.05, 0.1) is 5.02 Å². The van der Waals surface area contributed by atoms with Crippen molar-refractivity contribution in [3.8, 4) is 0 Å². The number of hydrogen-bond acceptors (Lipinski definition) is 3. The van der Waals surface area contributed by atoms with Crippen LogP contribution in [-0.2, 0) is 10.0 Å². The molecule has 6 heteroatoms. The summed E-state index contributed by atoms with van der Waals surface area (Å²) in [6.45, 7) is 5.22. The Kier molecular flexibility index (Phi) is 3.43. The number of sulfonamides is 1. The van der Waals surface area contributed by atoms with E-state index in [1.807, 2.05) is 0 Å². The highest BCUT2D eigenvalue weighted by Crippen LogP contribution is 2.30. The van der Waals surface area contributed by atoms with Crippen LogP contribution in [0.3, 0.4) is 0 Å². The van der Waals surface area contributed by atoms with E-state index in [9.17, 15) is 8.42 Å². The molecule has 2 heterocycles. The Morgan fingerprint density at radius 1 is 1.35 bits per heavy atom. The van der Waals surface area contributed by atoms with Gasteiger partial charge in [-0.1, -0.05) is 25.4 Å². The quantitative estimate of drug-likeness (QED) is 0.829. The van der Waals surface area contributed by atoms with Crippen LogP contribution < -0.4 is 0 Å². The number of aromatic nitrogens is 1. The highest BCUT2D eigenvalue weighted by Gasteiger charge is 2.35. The first-order chi connectivity index (χ1) is 7.93. The van der Waals surface area contributed by atoms with Gasteiger partial charge >= 0.3 is 0 Å². The van der Waals surface area contributed by atoms with Crippen LogP contribution in [0.25, 0.3) is 0 Å². The summed E-state index contributed by atoms with van der Waals surface area (Å²) in [5.41, 5.74) is 0. The number of hydrogen-bond donors (Lipinski definition) is 0. The maximum atomic E-state index is 12.3. The number of nitrogens with zero attached hydrogens (tertiary/aromatic N) is 2. The summed E-state index contributed by atoms with van der Waals surface area (Å²) >= 11 is 5.91. The molecule has 0 amide bonds. The van der Waals surface area contributed by atoms with E-state index in [0.717, 1.165) is 0 Å². The maximum absolute atomic E-state index is 12.3. The van der Waals surface area contributed by atoms with E-state index in [1.54, 1.807) is 0 Å². The third kappa shape index (κ3) is 2.32. The van der Waals surface area contributed by atoms with Gasteiger partial charge in [-0.25, -0.2) is 8.42 Å². The van der Waals surface area contributed by atoms with Crippen LogP contribution in [0.2, 0.25) is 5.02 Å². The molecule has 1 aliphatic heterocycles. The lowest BCUT2D eigenvalue weighted by Gasteiger charge is -2.16. The van der Waals surface area contributed by atoms with Gasteiger partial charge in [0.25, 0.3) is 0 Å². The second-order valence-electron chi connectivity index (χ2n) is 4.58. The molecular weight excluding hydrogens is 260 g/mol. The predicted molar refractivity (Wildman–Crippen MR) is 66.3 cm³/mol. The fourth-order valence-corrected chi connectivity index (χ4v) is 4.01.